The van der Waals surface area contributed by atoms with Crippen molar-refractivity contribution in [2.45, 2.75) is 0 Å². The van der Waals surface area contributed by atoms with Gasteiger partial charge in [0.25, 0.3) is 5.89 Å². The zero-order valence-corrected chi connectivity index (χ0v) is 10.5. The minimum Gasteiger partial charge on any atom is -0.507 e. The van der Waals surface area contributed by atoms with Crippen LogP contribution in [0.25, 0.3) is 23.0 Å². The Kier molecular flexibility index (Phi) is 3.00. The lowest BCUT2D eigenvalue weighted by atomic mass is 10.2. The van der Waals surface area contributed by atoms with Gasteiger partial charge in [0.2, 0.25) is 11.7 Å². The van der Waals surface area contributed by atoms with Crippen molar-refractivity contribution in [2.75, 3.05) is 7.11 Å². The summed E-state index contributed by atoms with van der Waals surface area (Å²) in [6.07, 6.45) is 0. The van der Waals surface area contributed by atoms with Crippen molar-refractivity contribution in [3.63, 3.8) is 0 Å². The van der Waals surface area contributed by atoms with E-state index in [1.54, 1.807) is 36.4 Å². The van der Waals surface area contributed by atoms with Crippen LogP contribution in [0.1, 0.15) is 0 Å². The van der Waals surface area contributed by atoms with Crippen molar-refractivity contribution >= 4 is 0 Å². The van der Waals surface area contributed by atoms with E-state index in [4.69, 9.17) is 9.26 Å². The summed E-state index contributed by atoms with van der Waals surface area (Å²) in [6, 6.07) is 10.0. The van der Waals surface area contributed by atoms with Gasteiger partial charge in [-0.05, 0) is 18.2 Å². The third kappa shape index (κ3) is 2.16. The number of phenolic OH excluding ortho intramolecular Hbond substituents is 1. The average Bonchev–Trinajstić information content (AvgIpc) is 2.97. The van der Waals surface area contributed by atoms with E-state index in [9.17, 15) is 5.11 Å². The second-order valence-electron chi connectivity index (χ2n) is 3.90. The van der Waals surface area contributed by atoms with E-state index in [1.165, 1.54) is 7.11 Å². The minimum atomic E-state index is 0.0727. The van der Waals surface area contributed by atoms with Crippen LogP contribution >= 0.6 is 0 Å². The molecule has 100 valence electrons. The molecule has 3 rings (SSSR count). The number of hydrogen-bond acceptors (Lipinski definition) is 7. The molecule has 20 heavy (non-hydrogen) atoms. The van der Waals surface area contributed by atoms with Crippen LogP contribution in [0.4, 0.5) is 0 Å². The number of benzene rings is 1. The van der Waals surface area contributed by atoms with Crippen molar-refractivity contribution < 1.29 is 14.4 Å². The molecule has 0 aliphatic carbocycles. The van der Waals surface area contributed by atoms with Crippen LogP contribution in [0.15, 0.2) is 40.9 Å². The van der Waals surface area contributed by atoms with E-state index in [0.717, 1.165) is 0 Å². The topological polar surface area (TPSA) is 94.2 Å². The van der Waals surface area contributed by atoms with Gasteiger partial charge < -0.3 is 14.4 Å². The molecule has 0 spiro atoms. The van der Waals surface area contributed by atoms with Gasteiger partial charge in [0.05, 0.1) is 12.7 Å². The molecule has 2 aromatic heterocycles. The molecule has 0 aliphatic rings. The first-order valence-electron chi connectivity index (χ1n) is 5.78. The Bertz CT molecular complexity index is 724. The van der Waals surface area contributed by atoms with Crippen molar-refractivity contribution in [3.05, 3.63) is 36.4 Å². The zero-order valence-electron chi connectivity index (χ0n) is 10.5. The molecule has 0 bridgehead atoms. The smallest absolute Gasteiger partial charge is 0.262 e. The van der Waals surface area contributed by atoms with Crippen LogP contribution in [0.5, 0.6) is 11.6 Å². The maximum atomic E-state index is 9.74. The molecule has 3 aromatic rings. The van der Waals surface area contributed by atoms with Gasteiger partial charge in [-0.25, -0.2) is 0 Å². The highest BCUT2D eigenvalue weighted by atomic mass is 16.5. The number of nitrogens with zero attached hydrogens (tertiary/aromatic N) is 4. The highest BCUT2D eigenvalue weighted by Crippen LogP contribution is 2.28. The summed E-state index contributed by atoms with van der Waals surface area (Å²) in [6.45, 7) is 0. The third-order valence-electron chi connectivity index (χ3n) is 2.64. The van der Waals surface area contributed by atoms with Crippen molar-refractivity contribution in [1.82, 2.24) is 20.3 Å². The Morgan fingerprint density at radius 2 is 1.95 bits per heavy atom. The van der Waals surface area contributed by atoms with Crippen molar-refractivity contribution in [1.29, 1.82) is 0 Å². The second kappa shape index (κ2) is 4.96. The number of phenols is 1. The van der Waals surface area contributed by atoms with Gasteiger partial charge in [-0.1, -0.05) is 17.3 Å². The van der Waals surface area contributed by atoms with Crippen LogP contribution in [0, 0.1) is 0 Å². The van der Waals surface area contributed by atoms with Crippen LogP contribution in [-0.2, 0) is 0 Å². The Labute approximate surface area is 113 Å². The molecule has 7 nitrogen and oxygen atoms in total. The standard InChI is InChI=1S/C13H10N4O3/c1-19-11-7-6-9(15-16-11)12-14-13(20-17-12)8-4-2-3-5-10(8)18/h2-7,18H,1H3. The molecule has 0 saturated heterocycles. The quantitative estimate of drug-likeness (QED) is 0.776. The van der Waals surface area contributed by atoms with Crippen molar-refractivity contribution in [2.24, 2.45) is 0 Å². The predicted molar refractivity (Wildman–Crippen MR) is 69.0 cm³/mol. The van der Waals surface area contributed by atoms with Gasteiger partial charge in [-0.15, -0.1) is 10.2 Å². The van der Waals surface area contributed by atoms with Gasteiger partial charge in [-0.3, -0.25) is 0 Å². The maximum absolute atomic E-state index is 9.74. The fourth-order valence-corrected chi connectivity index (χ4v) is 1.64. The number of rotatable bonds is 3. The normalized spacial score (nSPS) is 10.4. The lowest BCUT2D eigenvalue weighted by Gasteiger charge is -1.97. The highest BCUT2D eigenvalue weighted by molar-refractivity contribution is 5.63. The minimum absolute atomic E-state index is 0.0727. The Hall–Kier alpha value is -2.96. The van der Waals surface area contributed by atoms with Crippen LogP contribution in [-0.4, -0.2) is 32.6 Å². The van der Waals surface area contributed by atoms with Crippen molar-refractivity contribution in [3.8, 4) is 34.6 Å². The molecule has 0 atom stereocenters. The summed E-state index contributed by atoms with van der Waals surface area (Å²) in [7, 11) is 1.51. The molecule has 0 unspecified atom stereocenters. The summed E-state index contributed by atoms with van der Waals surface area (Å²) in [5, 5.41) is 21.3. The Morgan fingerprint density at radius 1 is 1.10 bits per heavy atom. The van der Waals surface area contributed by atoms with E-state index >= 15 is 0 Å². The molecule has 1 aromatic carbocycles. The summed E-state index contributed by atoms with van der Waals surface area (Å²) in [5.74, 6) is 0.982. The first-order chi connectivity index (χ1) is 9.78. The molecule has 0 radical (unpaired) electrons. The summed E-state index contributed by atoms with van der Waals surface area (Å²) < 4.78 is 10.0. The number of para-hydroxylation sites is 1. The van der Waals surface area contributed by atoms with E-state index in [-0.39, 0.29) is 11.6 Å². The molecule has 0 amide bonds. The Morgan fingerprint density at radius 3 is 2.65 bits per heavy atom. The van der Waals surface area contributed by atoms with Gasteiger partial charge >= 0.3 is 0 Å². The first kappa shape index (κ1) is 12.1. The first-order valence-corrected chi connectivity index (χ1v) is 5.78. The zero-order chi connectivity index (χ0) is 13.9. The van der Waals surface area contributed by atoms with Gasteiger partial charge in [0.15, 0.2) is 0 Å². The lowest BCUT2D eigenvalue weighted by Crippen LogP contribution is -1.93. The summed E-state index contributed by atoms with van der Waals surface area (Å²) >= 11 is 0. The van der Waals surface area contributed by atoms with Crippen LogP contribution < -0.4 is 4.74 Å². The van der Waals surface area contributed by atoms with E-state index in [0.29, 0.717) is 23.0 Å². The van der Waals surface area contributed by atoms with E-state index in [2.05, 4.69) is 20.3 Å². The molecule has 2 heterocycles. The van der Waals surface area contributed by atoms with Gasteiger partial charge in [-0.2, -0.15) is 4.98 Å². The monoisotopic (exact) mass is 270 g/mol. The number of hydrogen-bond donors (Lipinski definition) is 1. The summed E-state index contributed by atoms with van der Waals surface area (Å²) in [4.78, 5) is 4.19. The van der Waals surface area contributed by atoms with Crippen LogP contribution in [0.2, 0.25) is 0 Å². The largest absolute Gasteiger partial charge is 0.507 e. The SMILES string of the molecule is COc1ccc(-c2noc(-c3ccccc3O)n2)nn1. The molecule has 0 aliphatic heterocycles. The molecule has 0 saturated carbocycles. The third-order valence-corrected chi connectivity index (χ3v) is 2.64. The predicted octanol–water partition coefficient (Wildman–Crippen LogP) is 1.91. The number of methoxy groups -OCH3 is 1. The van der Waals surface area contributed by atoms with Crippen LogP contribution in [0.3, 0.4) is 0 Å². The number of aromatic hydroxyl groups is 1. The lowest BCUT2D eigenvalue weighted by molar-refractivity contribution is 0.392. The average molecular weight is 270 g/mol. The van der Waals surface area contributed by atoms with Gasteiger partial charge in [0, 0.05) is 6.07 Å². The Balaban J connectivity index is 1.95. The molecular weight excluding hydrogens is 260 g/mol. The summed E-state index contributed by atoms with van der Waals surface area (Å²) in [5.41, 5.74) is 0.920. The molecule has 1 N–H and O–H groups in total. The van der Waals surface area contributed by atoms with E-state index in [1.807, 2.05) is 0 Å². The fraction of sp³-hybridized carbons (Fsp3) is 0.0769. The molecule has 0 fully saturated rings. The number of aromatic nitrogens is 4. The maximum Gasteiger partial charge on any atom is 0.262 e. The number of ether oxygens (including phenoxy) is 1. The highest BCUT2D eigenvalue weighted by Gasteiger charge is 2.14. The molecular formula is C13H10N4O3. The van der Waals surface area contributed by atoms with Gasteiger partial charge in [0.1, 0.15) is 11.4 Å². The second-order valence-corrected chi connectivity index (χ2v) is 3.90. The van der Waals surface area contributed by atoms with E-state index < -0.39 is 0 Å². The molecule has 7 heteroatoms. The fourth-order valence-electron chi connectivity index (χ4n) is 1.64.